The molecule has 0 unspecified atom stereocenters. The Balaban J connectivity index is 2.36. The van der Waals surface area contributed by atoms with Gasteiger partial charge in [0.05, 0.1) is 13.2 Å². The molecule has 0 aliphatic heterocycles. The largest absolute Gasteiger partial charge is 0.392 e. The second-order valence-electron chi connectivity index (χ2n) is 4.93. The maximum absolute atomic E-state index is 11.3. The number of primary amides is 1. The minimum atomic E-state index is -0.365. The van der Waals surface area contributed by atoms with Crippen molar-refractivity contribution in [3.05, 3.63) is 28.8 Å². The van der Waals surface area contributed by atoms with Gasteiger partial charge in [0, 0.05) is 22.3 Å². The average molecular weight is 283 g/mol. The minimum absolute atomic E-state index is 0.142. The number of nitrogens with two attached hydrogens (primary N) is 1. The van der Waals surface area contributed by atoms with Gasteiger partial charge in [0.1, 0.15) is 0 Å². The van der Waals surface area contributed by atoms with E-state index in [9.17, 15) is 9.90 Å². The van der Waals surface area contributed by atoms with E-state index in [1.54, 1.807) is 6.07 Å². The number of anilines is 1. The van der Waals surface area contributed by atoms with Crippen LogP contribution >= 0.6 is 11.6 Å². The van der Waals surface area contributed by atoms with Crippen LogP contribution in [0.25, 0.3) is 0 Å². The van der Waals surface area contributed by atoms with Crippen LogP contribution in [0, 0.1) is 0 Å². The lowest BCUT2D eigenvalue weighted by atomic mass is 10.1. The minimum Gasteiger partial charge on any atom is -0.392 e. The molecule has 1 amide bonds. The third-order valence-corrected chi connectivity index (χ3v) is 4.01. The zero-order valence-corrected chi connectivity index (χ0v) is 11.6. The Morgan fingerprint density at radius 3 is 2.68 bits per heavy atom. The Morgan fingerprint density at radius 2 is 2.11 bits per heavy atom. The summed E-state index contributed by atoms with van der Waals surface area (Å²) in [5, 5.41) is 10.0. The van der Waals surface area contributed by atoms with E-state index >= 15 is 0 Å². The van der Waals surface area contributed by atoms with Crippen LogP contribution in [-0.2, 0) is 11.4 Å². The monoisotopic (exact) mass is 282 g/mol. The molecule has 0 heterocycles. The fraction of sp³-hybridized carbons (Fsp3) is 0.500. The maximum atomic E-state index is 11.3. The smallest absolute Gasteiger partial charge is 0.236 e. The predicted octanol–water partition coefficient (Wildman–Crippen LogP) is 2.07. The molecule has 0 atom stereocenters. The highest BCUT2D eigenvalue weighted by molar-refractivity contribution is 6.31. The molecule has 1 aromatic rings. The highest BCUT2D eigenvalue weighted by atomic mass is 35.5. The number of carbonyl (C=O) groups is 1. The number of hydrogen-bond acceptors (Lipinski definition) is 3. The molecule has 4 nitrogen and oxygen atoms in total. The van der Waals surface area contributed by atoms with Gasteiger partial charge in [0.25, 0.3) is 0 Å². The number of benzene rings is 1. The van der Waals surface area contributed by atoms with Gasteiger partial charge in [-0.3, -0.25) is 4.79 Å². The van der Waals surface area contributed by atoms with Crippen molar-refractivity contribution >= 4 is 23.2 Å². The highest BCUT2D eigenvalue weighted by Gasteiger charge is 2.26. The Labute approximate surface area is 118 Å². The molecule has 0 saturated heterocycles. The Hall–Kier alpha value is -1.26. The molecule has 0 radical (unpaired) electrons. The van der Waals surface area contributed by atoms with Crippen molar-refractivity contribution in [2.24, 2.45) is 5.73 Å². The zero-order chi connectivity index (χ0) is 13.8. The number of aliphatic hydroxyl groups is 1. The van der Waals surface area contributed by atoms with E-state index in [0.29, 0.717) is 16.6 Å². The second-order valence-corrected chi connectivity index (χ2v) is 5.34. The molecule has 3 N–H and O–H groups in total. The summed E-state index contributed by atoms with van der Waals surface area (Å²) in [5.74, 6) is -0.365. The average Bonchev–Trinajstić information content (AvgIpc) is 2.89. The van der Waals surface area contributed by atoms with Gasteiger partial charge in [-0.15, -0.1) is 0 Å². The highest BCUT2D eigenvalue weighted by Crippen LogP contribution is 2.33. The van der Waals surface area contributed by atoms with Crippen molar-refractivity contribution in [2.75, 3.05) is 11.4 Å². The molecule has 104 valence electrons. The van der Waals surface area contributed by atoms with Crippen molar-refractivity contribution in [3.63, 3.8) is 0 Å². The molecule has 2 rings (SSSR count). The van der Waals surface area contributed by atoms with Crippen LogP contribution < -0.4 is 10.6 Å². The first-order valence-corrected chi connectivity index (χ1v) is 6.94. The summed E-state index contributed by atoms with van der Waals surface area (Å²) < 4.78 is 0. The molecule has 1 aliphatic carbocycles. The first-order chi connectivity index (χ1) is 9.13. The van der Waals surface area contributed by atoms with Gasteiger partial charge in [0.15, 0.2) is 0 Å². The number of halogens is 1. The Morgan fingerprint density at radius 1 is 1.42 bits per heavy atom. The summed E-state index contributed by atoms with van der Waals surface area (Å²) in [6.07, 6.45) is 4.42. The molecule has 0 bridgehead atoms. The summed E-state index contributed by atoms with van der Waals surface area (Å²) >= 11 is 6.11. The van der Waals surface area contributed by atoms with Gasteiger partial charge in [-0.2, -0.15) is 0 Å². The number of aliphatic hydroxyl groups excluding tert-OH is 1. The predicted molar refractivity (Wildman–Crippen MR) is 76.2 cm³/mol. The molecular formula is C14H19ClN2O2. The molecular weight excluding hydrogens is 264 g/mol. The molecule has 0 spiro atoms. The first-order valence-electron chi connectivity index (χ1n) is 6.56. The van der Waals surface area contributed by atoms with E-state index in [0.717, 1.165) is 31.4 Å². The summed E-state index contributed by atoms with van der Waals surface area (Å²) in [6.45, 7) is 0.0228. The number of rotatable bonds is 5. The van der Waals surface area contributed by atoms with E-state index < -0.39 is 0 Å². The fourth-order valence-corrected chi connectivity index (χ4v) is 3.00. The van der Waals surface area contributed by atoms with Crippen molar-refractivity contribution in [2.45, 2.75) is 38.3 Å². The molecule has 1 fully saturated rings. The molecule has 1 aromatic carbocycles. The van der Waals surface area contributed by atoms with E-state index in [1.165, 1.54) is 0 Å². The fourth-order valence-electron chi connectivity index (χ4n) is 2.77. The first kappa shape index (κ1) is 14.2. The number of amides is 1. The number of hydrogen-bond donors (Lipinski definition) is 2. The third kappa shape index (κ3) is 3.19. The molecule has 5 heteroatoms. The summed E-state index contributed by atoms with van der Waals surface area (Å²) in [4.78, 5) is 13.3. The quantitative estimate of drug-likeness (QED) is 0.869. The van der Waals surface area contributed by atoms with E-state index in [4.69, 9.17) is 17.3 Å². The van der Waals surface area contributed by atoms with Crippen LogP contribution in [0.3, 0.4) is 0 Å². The normalized spacial score (nSPS) is 15.7. The maximum Gasteiger partial charge on any atom is 0.236 e. The second kappa shape index (κ2) is 6.26. The van der Waals surface area contributed by atoms with Crippen molar-refractivity contribution in [3.8, 4) is 0 Å². The number of nitrogens with zero attached hydrogens (tertiary/aromatic N) is 1. The van der Waals surface area contributed by atoms with Crippen molar-refractivity contribution in [1.82, 2.24) is 0 Å². The Kier molecular flexibility index (Phi) is 4.66. The molecule has 1 aliphatic rings. The lowest BCUT2D eigenvalue weighted by molar-refractivity contribution is -0.116. The van der Waals surface area contributed by atoms with Crippen LogP contribution in [0.2, 0.25) is 5.02 Å². The van der Waals surface area contributed by atoms with Crippen LogP contribution in [0.1, 0.15) is 31.2 Å². The standard InChI is InChI=1S/C14H19ClN2O2/c15-12-6-3-7-13(11(12)9-18)17(8-14(16)19)10-4-1-2-5-10/h3,6-7,10,18H,1-2,4-5,8-9H2,(H2,16,19). The summed E-state index contributed by atoms with van der Waals surface area (Å²) in [7, 11) is 0. The van der Waals surface area contributed by atoms with Gasteiger partial charge in [-0.1, -0.05) is 30.5 Å². The topological polar surface area (TPSA) is 66.6 Å². The van der Waals surface area contributed by atoms with Crippen LogP contribution in [0.4, 0.5) is 5.69 Å². The Bertz CT molecular complexity index is 459. The van der Waals surface area contributed by atoms with Crippen molar-refractivity contribution in [1.29, 1.82) is 0 Å². The van der Waals surface area contributed by atoms with Crippen LogP contribution in [0.15, 0.2) is 18.2 Å². The number of carbonyl (C=O) groups excluding carboxylic acids is 1. The molecule has 1 saturated carbocycles. The SMILES string of the molecule is NC(=O)CN(c1cccc(Cl)c1CO)C1CCCC1. The van der Waals surface area contributed by atoms with E-state index in [2.05, 4.69) is 0 Å². The van der Waals surface area contributed by atoms with Gasteiger partial charge >= 0.3 is 0 Å². The van der Waals surface area contributed by atoms with Gasteiger partial charge in [-0.25, -0.2) is 0 Å². The zero-order valence-electron chi connectivity index (χ0n) is 10.8. The van der Waals surface area contributed by atoms with Crippen LogP contribution in [-0.4, -0.2) is 23.6 Å². The third-order valence-electron chi connectivity index (χ3n) is 3.65. The van der Waals surface area contributed by atoms with E-state index in [1.807, 2.05) is 17.0 Å². The van der Waals surface area contributed by atoms with Crippen LogP contribution in [0.5, 0.6) is 0 Å². The van der Waals surface area contributed by atoms with Gasteiger partial charge in [0.2, 0.25) is 5.91 Å². The lowest BCUT2D eigenvalue weighted by Crippen LogP contribution is -2.40. The van der Waals surface area contributed by atoms with Gasteiger partial charge < -0.3 is 15.7 Å². The van der Waals surface area contributed by atoms with E-state index in [-0.39, 0.29) is 19.1 Å². The molecule has 0 aromatic heterocycles. The molecule has 19 heavy (non-hydrogen) atoms. The van der Waals surface area contributed by atoms with Gasteiger partial charge in [-0.05, 0) is 25.0 Å². The lowest BCUT2D eigenvalue weighted by Gasteiger charge is -2.31. The summed E-state index contributed by atoms with van der Waals surface area (Å²) in [5.41, 5.74) is 6.84. The summed E-state index contributed by atoms with van der Waals surface area (Å²) in [6, 6.07) is 5.77. The van der Waals surface area contributed by atoms with Crippen molar-refractivity contribution < 1.29 is 9.90 Å².